The van der Waals surface area contributed by atoms with Crippen LogP contribution in [0.15, 0.2) is 23.4 Å². The fourth-order valence-corrected chi connectivity index (χ4v) is 2.91. The molecular formula is C15H23FN4O. The molecule has 1 atom stereocenters. The van der Waals surface area contributed by atoms with Crippen molar-refractivity contribution in [3.8, 4) is 0 Å². The minimum atomic E-state index is -0.395. The molecule has 1 aliphatic rings. The summed E-state index contributed by atoms with van der Waals surface area (Å²) >= 11 is 0. The van der Waals surface area contributed by atoms with Gasteiger partial charge in [0.05, 0.1) is 0 Å². The number of nitrogens with two attached hydrogens (primary N) is 1. The Morgan fingerprint density at radius 2 is 2.38 bits per heavy atom. The van der Waals surface area contributed by atoms with Crippen molar-refractivity contribution in [2.45, 2.75) is 32.4 Å². The van der Waals surface area contributed by atoms with Crippen molar-refractivity contribution in [2.75, 3.05) is 19.6 Å². The van der Waals surface area contributed by atoms with E-state index in [-0.39, 0.29) is 5.84 Å². The summed E-state index contributed by atoms with van der Waals surface area (Å²) in [5, 5.41) is 15.1. The molecule has 0 bridgehead atoms. The molecule has 1 aromatic carbocycles. The van der Waals surface area contributed by atoms with E-state index in [1.54, 1.807) is 6.07 Å². The van der Waals surface area contributed by atoms with Gasteiger partial charge < -0.3 is 16.3 Å². The summed E-state index contributed by atoms with van der Waals surface area (Å²) in [4.78, 5) is 2.46. The summed E-state index contributed by atoms with van der Waals surface area (Å²) in [5.41, 5.74) is 6.86. The number of nitrogens with zero attached hydrogens (tertiary/aromatic N) is 2. The highest BCUT2D eigenvalue weighted by molar-refractivity contribution is 5.98. The van der Waals surface area contributed by atoms with Gasteiger partial charge in [0.2, 0.25) is 0 Å². The molecule has 0 radical (unpaired) electrons. The number of hydrogen-bond donors (Lipinski definition) is 3. The first-order valence-corrected chi connectivity index (χ1v) is 7.36. The quantitative estimate of drug-likeness (QED) is 0.322. The summed E-state index contributed by atoms with van der Waals surface area (Å²) in [5.74, 6) is -0.462. The van der Waals surface area contributed by atoms with Crippen LogP contribution >= 0.6 is 0 Å². The standard InChI is InChI=1S/C15H23FN4O/c1-2-20-7-3-4-13(20)10-18-9-11-5-6-12(16)8-14(11)15(17)19-21/h5-6,8,13,18,21H,2-4,7,9-10H2,1H3,(H2,17,19). The van der Waals surface area contributed by atoms with Gasteiger partial charge >= 0.3 is 0 Å². The smallest absolute Gasteiger partial charge is 0.170 e. The first-order valence-electron chi connectivity index (χ1n) is 7.36. The van der Waals surface area contributed by atoms with Crippen LogP contribution < -0.4 is 11.1 Å². The van der Waals surface area contributed by atoms with Gasteiger partial charge in [0.15, 0.2) is 5.84 Å². The average Bonchev–Trinajstić information content (AvgIpc) is 2.95. The van der Waals surface area contributed by atoms with Gasteiger partial charge in [-0.15, -0.1) is 0 Å². The number of amidine groups is 1. The van der Waals surface area contributed by atoms with Crippen LogP contribution in [-0.4, -0.2) is 41.6 Å². The molecule has 4 N–H and O–H groups in total. The van der Waals surface area contributed by atoms with Crippen molar-refractivity contribution in [1.82, 2.24) is 10.2 Å². The summed E-state index contributed by atoms with van der Waals surface area (Å²) in [6.45, 7) is 5.86. The van der Waals surface area contributed by atoms with Crippen molar-refractivity contribution in [2.24, 2.45) is 10.9 Å². The molecule has 2 rings (SSSR count). The van der Waals surface area contributed by atoms with Gasteiger partial charge in [0.1, 0.15) is 5.82 Å². The largest absolute Gasteiger partial charge is 0.409 e. The van der Waals surface area contributed by atoms with Crippen LogP contribution in [0, 0.1) is 5.82 Å². The lowest BCUT2D eigenvalue weighted by Crippen LogP contribution is -2.37. The molecule has 1 unspecified atom stereocenters. The zero-order valence-electron chi connectivity index (χ0n) is 12.3. The molecule has 1 aliphatic heterocycles. The summed E-state index contributed by atoms with van der Waals surface area (Å²) in [6, 6.07) is 4.91. The van der Waals surface area contributed by atoms with Crippen molar-refractivity contribution in [3.63, 3.8) is 0 Å². The molecule has 1 fully saturated rings. The maximum absolute atomic E-state index is 13.3. The number of rotatable bonds is 6. The zero-order chi connectivity index (χ0) is 15.2. The molecule has 0 aliphatic carbocycles. The summed E-state index contributed by atoms with van der Waals surface area (Å²) in [7, 11) is 0. The lowest BCUT2D eigenvalue weighted by molar-refractivity contribution is 0.260. The topological polar surface area (TPSA) is 73.9 Å². The normalized spacial score (nSPS) is 20.1. The average molecular weight is 294 g/mol. The monoisotopic (exact) mass is 294 g/mol. The Morgan fingerprint density at radius 3 is 3.10 bits per heavy atom. The molecule has 5 nitrogen and oxygen atoms in total. The number of oxime groups is 1. The third-order valence-corrected chi connectivity index (χ3v) is 4.06. The number of nitrogens with one attached hydrogen (secondary N) is 1. The predicted octanol–water partition coefficient (Wildman–Crippen LogP) is 1.49. The Bertz CT molecular complexity index is 506. The second-order valence-electron chi connectivity index (χ2n) is 5.34. The Labute approximate surface area is 124 Å². The molecule has 21 heavy (non-hydrogen) atoms. The highest BCUT2D eigenvalue weighted by atomic mass is 19.1. The lowest BCUT2D eigenvalue weighted by Gasteiger charge is -2.23. The molecule has 0 amide bonds. The van der Waals surface area contributed by atoms with Crippen molar-refractivity contribution in [3.05, 3.63) is 35.1 Å². The minimum Gasteiger partial charge on any atom is -0.409 e. The van der Waals surface area contributed by atoms with E-state index in [0.717, 1.165) is 25.2 Å². The second kappa shape index (κ2) is 7.38. The highest BCUT2D eigenvalue weighted by Gasteiger charge is 2.22. The van der Waals surface area contributed by atoms with Crippen LogP contribution in [0.3, 0.4) is 0 Å². The Balaban J connectivity index is 1.97. The number of likely N-dealkylation sites (tertiary alicyclic amines) is 1. The van der Waals surface area contributed by atoms with E-state index >= 15 is 0 Å². The predicted molar refractivity (Wildman–Crippen MR) is 80.9 cm³/mol. The van der Waals surface area contributed by atoms with Gasteiger partial charge in [-0.1, -0.05) is 18.1 Å². The van der Waals surface area contributed by atoms with Crippen LogP contribution in [-0.2, 0) is 6.54 Å². The van der Waals surface area contributed by atoms with E-state index < -0.39 is 5.82 Å². The molecule has 1 aromatic rings. The summed E-state index contributed by atoms with van der Waals surface area (Å²) in [6.07, 6.45) is 2.45. The minimum absolute atomic E-state index is 0.0673. The fourth-order valence-electron chi connectivity index (χ4n) is 2.91. The van der Waals surface area contributed by atoms with Crippen LogP contribution in [0.1, 0.15) is 30.9 Å². The van der Waals surface area contributed by atoms with Crippen LogP contribution in [0.4, 0.5) is 4.39 Å². The van der Waals surface area contributed by atoms with Gasteiger partial charge in [-0.05, 0) is 43.6 Å². The van der Waals surface area contributed by atoms with Gasteiger partial charge in [-0.3, -0.25) is 4.90 Å². The van der Waals surface area contributed by atoms with E-state index in [2.05, 4.69) is 22.3 Å². The highest BCUT2D eigenvalue weighted by Crippen LogP contribution is 2.16. The van der Waals surface area contributed by atoms with Gasteiger partial charge in [-0.2, -0.15) is 0 Å². The Hall–Kier alpha value is -1.66. The SMILES string of the molecule is CCN1CCCC1CNCc1ccc(F)cc1C(N)=NO. The maximum Gasteiger partial charge on any atom is 0.170 e. The molecular weight excluding hydrogens is 271 g/mol. The molecule has 0 aromatic heterocycles. The molecule has 0 saturated carbocycles. The van der Waals surface area contributed by atoms with E-state index in [1.807, 2.05) is 0 Å². The first kappa shape index (κ1) is 15.7. The summed E-state index contributed by atoms with van der Waals surface area (Å²) < 4.78 is 13.3. The molecule has 0 spiro atoms. The number of likely N-dealkylation sites (N-methyl/N-ethyl adjacent to an activating group) is 1. The number of hydrogen-bond acceptors (Lipinski definition) is 4. The van der Waals surface area contributed by atoms with Crippen molar-refractivity contribution >= 4 is 5.84 Å². The first-order chi connectivity index (χ1) is 10.2. The van der Waals surface area contributed by atoms with Crippen LogP contribution in [0.25, 0.3) is 0 Å². The van der Waals surface area contributed by atoms with E-state index in [1.165, 1.54) is 25.0 Å². The van der Waals surface area contributed by atoms with Gasteiger partial charge in [0, 0.05) is 24.7 Å². The second-order valence-corrected chi connectivity index (χ2v) is 5.34. The molecule has 116 valence electrons. The molecule has 6 heteroatoms. The van der Waals surface area contributed by atoms with Crippen molar-refractivity contribution < 1.29 is 9.60 Å². The molecule has 1 heterocycles. The third kappa shape index (κ3) is 3.92. The third-order valence-electron chi connectivity index (χ3n) is 4.06. The van der Waals surface area contributed by atoms with E-state index in [0.29, 0.717) is 18.2 Å². The maximum atomic E-state index is 13.3. The Morgan fingerprint density at radius 1 is 1.57 bits per heavy atom. The molecule has 1 saturated heterocycles. The van der Waals surface area contributed by atoms with Crippen LogP contribution in [0.5, 0.6) is 0 Å². The van der Waals surface area contributed by atoms with Gasteiger partial charge in [0.25, 0.3) is 0 Å². The van der Waals surface area contributed by atoms with Crippen molar-refractivity contribution in [1.29, 1.82) is 0 Å². The number of benzene rings is 1. The van der Waals surface area contributed by atoms with Gasteiger partial charge in [-0.25, -0.2) is 4.39 Å². The number of halogens is 1. The van der Waals surface area contributed by atoms with Crippen LogP contribution in [0.2, 0.25) is 0 Å². The lowest BCUT2D eigenvalue weighted by atomic mass is 10.1. The van der Waals surface area contributed by atoms with E-state index in [4.69, 9.17) is 10.9 Å². The zero-order valence-corrected chi connectivity index (χ0v) is 12.3. The Kier molecular flexibility index (Phi) is 5.52. The fraction of sp³-hybridized carbons (Fsp3) is 0.533. The van der Waals surface area contributed by atoms with E-state index in [9.17, 15) is 4.39 Å².